The van der Waals surface area contributed by atoms with Crippen molar-refractivity contribution in [2.45, 2.75) is 6.42 Å². The number of rotatable bonds is 7. The summed E-state index contributed by atoms with van der Waals surface area (Å²) in [5.41, 5.74) is 2.55. The zero-order valence-corrected chi connectivity index (χ0v) is 15.2. The zero-order valence-electron chi connectivity index (χ0n) is 14.4. The van der Waals surface area contributed by atoms with Crippen LogP contribution in [0.5, 0.6) is 0 Å². The molecular formula is C19H18FN5OS. The second-order valence-electron chi connectivity index (χ2n) is 6.22. The highest BCUT2D eigenvalue weighted by Gasteiger charge is 2.13. The minimum Gasteiger partial charge on any atom is -0.396 e. The molecule has 2 N–H and O–H groups in total. The number of anilines is 1. The van der Waals surface area contributed by atoms with Crippen molar-refractivity contribution in [2.75, 3.05) is 18.5 Å². The van der Waals surface area contributed by atoms with Crippen LogP contribution in [0.15, 0.2) is 54.9 Å². The van der Waals surface area contributed by atoms with Crippen LogP contribution in [0, 0.1) is 11.7 Å². The van der Waals surface area contributed by atoms with E-state index in [1.807, 2.05) is 24.4 Å². The lowest BCUT2D eigenvalue weighted by molar-refractivity contribution is 0.232. The molecular weight excluding hydrogens is 365 g/mol. The van der Waals surface area contributed by atoms with Crippen molar-refractivity contribution in [1.29, 1.82) is 0 Å². The summed E-state index contributed by atoms with van der Waals surface area (Å²) in [5.74, 6) is -0.223. The van der Waals surface area contributed by atoms with Gasteiger partial charge < -0.3 is 10.4 Å². The van der Waals surface area contributed by atoms with Gasteiger partial charge in [-0.05, 0) is 42.8 Å². The second kappa shape index (κ2) is 7.81. The van der Waals surface area contributed by atoms with E-state index in [0.717, 1.165) is 27.0 Å². The number of hydrogen-bond acceptors (Lipinski definition) is 6. The lowest BCUT2D eigenvalue weighted by atomic mass is 10.0. The van der Waals surface area contributed by atoms with Gasteiger partial charge in [-0.1, -0.05) is 17.4 Å². The Balaban J connectivity index is 1.42. The molecule has 0 fully saturated rings. The number of nitrogens with one attached hydrogen (secondary N) is 1. The van der Waals surface area contributed by atoms with E-state index in [1.165, 1.54) is 23.5 Å². The Kier molecular flexibility index (Phi) is 5.08. The maximum absolute atomic E-state index is 13.1. The minimum absolute atomic E-state index is 0.0471. The molecule has 4 rings (SSSR count). The quantitative estimate of drug-likeness (QED) is 0.512. The van der Waals surface area contributed by atoms with Gasteiger partial charge in [0.1, 0.15) is 5.82 Å². The molecule has 1 atom stereocenters. The number of aliphatic hydroxyl groups excluding tert-OH is 1. The molecule has 0 amide bonds. The molecule has 0 aliphatic heterocycles. The molecule has 4 aromatic rings. The molecule has 1 aromatic carbocycles. The first kappa shape index (κ1) is 17.6. The van der Waals surface area contributed by atoms with Crippen LogP contribution in [0.4, 0.5) is 9.52 Å². The summed E-state index contributed by atoms with van der Waals surface area (Å²) >= 11 is 1.43. The molecule has 27 heavy (non-hydrogen) atoms. The van der Waals surface area contributed by atoms with E-state index in [2.05, 4.69) is 20.4 Å². The summed E-state index contributed by atoms with van der Waals surface area (Å²) in [7, 11) is 0. The first-order valence-electron chi connectivity index (χ1n) is 8.58. The van der Waals surface area contributed by atoms with E-state index in [1.54, 1.807) is 22.8 Å². The van der Waals surface area contributed by atoms with E-state index in [4.69, 9.17) is 0 Å². The third-order valence-corrected chi connectivity index (χ3v) is 5.09. The summed E-state index contributed by atoms with van der Waals surface area (Å²) in [4.78, 5) is 9.60. The average molecular weight is 383 g/mol. The van der Waals surface area contributed by atoms with Crippen LogP contribution in [0.3, 0.4) is 0 Å². The van der Waals surface area contributed by atoms with Crippen LogP contribution < -0.4 is 5.32 Å². The Morgan fingerprint density at radius 1 is 1.19 bits per heavy atom. The Labute approximate surface area is 159 Å². The van der Waals surface area contributed by atoms with Crippen LogP contribution in [-0.4, -0.2) is 37.8 Å². The van der Waals surface area contributed by atoms with Gasteiger partial charge in [-0.25, -0.2) is 13.9 Å². The van der Waals surface area contributed by atoms with Crippen molar-refractivity contribution in [3.63, 3.8) is 0 Å². The van der Waals surface area contributed by atoms with Gasteiger partial charge in [0.2, 0.25) is 10.1 Å². The van der Waals surface area contributed by atoms with E-state index in [-0.39, 0.29) is 18.3 Å². The average Bonchev–Trinajstić information content (AvgIpc) is 3.25. The molecule has 0 saturated heterocycles. The molecule has 0 spiro atoms. The van der Waals surface area contributed by atoms with Crippen molar-refractivity contribution in [2.24, 2.45) is 5.92 Å². The maximum atomic E-state index is 13.1. The van der Waals surface area contributed by atoms with Gasteiger partial charge in [-0.3, -0.25) is 4.98 Å². The number of nitrogens with zero attached hydrogens (tertiary/aromatic N) is 4. The smallest absolute Gasteiger partial charge is 0.214 e. The fourth-order valence-electron chi connectivity index (χ4n) is 2.78. The summed E-state index contributed by atoms with van der Waals surface area (Å²) < 4.78 is 14.8. The highest BCUT2D eigenvalue weighted by atomic mass is 32.1. The van der Waals surface area contributed by atoms with Crippen LogP contribution in [-0.2, 0) is 6.42 Å². The summed E-state index contributed by atoms with van der Waals surface area (Å²) in [6.07, 6.45) is 4.27. The van der Waals surface area contributed by atoms with Gasteiger partial charge in [0, 0.05) is 36.5 Å². The topological polar surface area (TPSA) is 75.3 Å². The van der Waals surface area contributed by atoms with Gasteiger partial charge >= 0.3 is 0 Å². The molecule has 6 nitrogen and oxygen atoms in total. The summed E-state index contributed by atoms with van der Waals surface area (Å²) in [6, 6.07) is 12.0. The summed E-state index contributed by atoms with van der Waals surface area (Å²) in [6.45, 7) is 0.662. The molecule has 0 radical (unpaired) electrons. The second-order valence-corrected chi connectivity index (χ2v) is 7.18. The first-order valence-corrected chi connectivity index (χ1v) is 9.39. The van der Waals surface area contributed by atoms with Crippen LogP contribution in [0.1, 0.15) is 5.69 Å². The van der Waals surface area contributed by atoms with E-state index in [0.29, 0.717) is 13.0 Å². The Hall–Kier alpha value is -2.84. The predicted molar refractivity (Wildman–Crippen MR) is 103 cm³/mol. The standard InChI is InChI=1S/C19H18FN5OS/c20-15-6-4-14(5-7-15)17-11-25-19(23-17)27-18(24-25)22-10-13(12-26)9-16-3-1-2-8-21-16/h1-8,11,13,26H,9-10,12H2,(H,22,24). The SMILES string of the molecule is OCC(CNc1nn2cc(-c3ccc(F)cc3)nc2s1)Cc1ccccn1. The predicted octanol–water partition coefficient (Wildman–Crippen LogP) is 3.26. The molecule has 0 saturated carbocycles. The van der Waals surface area contributed by atoms with Gasteiger partial charge in [0.15, 0.2) is 0 Å². The third-order valence-electron chi connectivity index (χ3n) is 4.21. The number of benzene rings is 1. The van der Waals surface area contributed by atoms with E-state index in [9.17, 15) is 9.50 Å². The minimum atomic E-state index is -0.270. The number of hydrogen-bond donors (Lipinski definition) is 2. The Morgan fingerprint density at radius 2 is 2.04 bits per heavy atom. The van der Waals surface area contributed by atoms with Crippen molar-refractivity contribution in [1.82, 2.24) is 19.6 Å². The lowest BCUT2D eigenvalue weighted by Gasteiger charge is -2.13. The first-order chi connectivity index (χ1) is 13.2. The van der Waals surface area contributed by atoms with Crippen LogP contribution in [0.25, 0.3) is 16.2 Å². The highest BCUT2D eigenvalue weighted by molar-refractivity contribution is 7.20. The Morgan fingerprint density at radius 3 is 2.74 bits per heavy atom. The number of pyridine rings is 1. The van der Waals surface area contributed by atoms with E-state index >= 15 is 0 Å². The fourth-order valence-corrected chi connectivity index (χ4v) is 3.57. The Bertz CT molecular complexity index is 984. The zero-order chi connectivity index (χ0) is 18.6. The third kappa shape index (κ3) is 4.12. The number of aromatic nitrogens is 4. The summed E-state index contributed by atoms with van der Waals surface area (Å²) in [5, 5.41) is 18.1. The van der Waals surface area contributed by atoms with Gasteiger partial charge in [0.25, 0.3) is 0 Å². The van der Waals surface area contributed by atoms with Gasteiger partial charge in [-0.15, -0.1) is 5.10 Å². The molecule has 8 heteroatoms. The van der Waals surface area contributed by atoms with E-state index < -0.39 is 0 Å². The van der Waals surface area contributed by atoms with Crippen molar-refractivity contribution < 1.29 is 9.50 Å². The molecule has 1 unspecified atom stereocenters. The highest BCUT2D eigenvalue weighted by Crippen LogP contribution is 2.24. The fraction of sp³-hybridized carbons (Fsp3) is 0.211. The normalized spacial score (nSPS) is 12.4. The van der Waals surface area contributed by atoms with Gasteiger partial charge in [-0.2, -0.15) is 0 Å². The maximum Gasteiger partial charge on any atom is 0.214 e. The number of aliphatic hydroxyl groups is 1. The molecule has 0 aliphatic rings. The molecule has 0 bridgehead atoms. The molecule has 0 aliphatic carbocycles. The van der Waals surface area contributed by atoms with Crippen LogP contribution >= 0.6 is 11.3 Å². The van der Waals surface area contributed by atoms with Crippen molar-refractivity contribution >= 4 is 21.4 Å². The monoisotopic (exact) mass is 383 g/mol. The molecule has 3 heterocycles. The largest absolute Gasteiger partial charge is 0.396 e. The lowest BCUT2D eigenvalue weighted by Crippen LogP contribution is -2.20. The van der Waals surface area contributed by atoms with Gasteiger partial charge in [0.05, 0.1) is 11.9 Å². The van der Waals surface area contributed by atoms with Crippen molar-refractivity contribution in [3.05, 3.63) is 66.4 Å². The molecule has 3 aromatic heterocycles. The number of halogens is 1. The number of imidazole rings is 1. The van der Waals surface area contributed by atoms with Crippen molar-refractivity contribution in [3.8, 4) is 11.3 Å². The number of fused-ring (bicyclic) bond motifs is 1. The van der Waals surface area contributed by atoms with Crippen LogP contribution in [0.2, 0.25) is 0 Å². The molecule has 138 valence electrons.